The summed E-state index contributed by atoms with van der Waals surface area (Å²) in [4.78, 5) is 24.3. The number of nitrogens with zero attached hydrogens (tertiary/aromatic N) is 6. The van der Waals surface area contributed by atoms with Crippen LogP contribution in [0.25, 0.3) is 16.9 Å². The molecule has 0 bridgehead atoms. The van der Waals surface area contributed by atoms with Gasteiger partial charge in [-0.3, -0.25) is 9.48 Å². The van der Waals surface area contributed by atoms with E-state index in [4.69, 9.17) is 16.3 Å². The first kappa shape index (κ1) is 23.0. The van der Waals surface area contributed by atoms with Gasteiger partial charge in [0.1, 0.15) is 18.1 Å². The lowest BCUT2D eigenvalue weighted by Gasteiger charge is -2.16. The summed E-state index contributed by atoms with van der Waals surface area (Å²) in [6.07, 6.45) is 2.24. The van der Waals surface area contributed by atoms with Crippen molar-refractivity contribution in [3.63, 3.8) is 0 Å². The topological polar surface area (TPSA) is 96.8 Å². The number of halogens is 1. The van der Waals surface area contributed by atoms with Gasteiger partial charge in [0.05, 0.1) is 11.4 Å². The molecule has 0 radical (unpaired) electrons. The maximum Gasteiger partial charge on any atom is 0.368 e. The summed E-state index contributed by atoms with van der Waals surface area (Å²) < 4.78 is 10.3. The van der Waals surface area contributed by atoms with Gasteiger partial charge in [-0.15, -0.1) is 0 Å². The Bertz CT molecular complexity index is 1510. The summed E-state index contributed by atoms with van der Waals surface area (Å²) in [6, 6.07) is 11.7. The van der Waals surface area contributed by atoms with Gasteiger partial charge in [-0.05, 0) is 90.0 Å². The summed E-state index contributed by atoms with van der Waals surface area (Å²) in [5.74, 6) is 1.19. The molecule has 0 unspecified atom stereocenters. The van der Waals surface area contributed by atoms with Gasteiger partial charge >= 0.3 is 5.69 Å². The molecule has 0 spiro atoms. The molecule has 10 heteroatoms. The molecule has 1 aliphatic carbocycles. The SMILES string of the molecule is Cc1cc(-c2nn(C)c(C(=O)Cl)c2C)ccc1OCc1c(C2CC2)cccc1-n1nnn(C)c1=O. The maximum absolute atomic E-state index is 12.5. The molecule has 2 aromatic heterocycles. The molecule has 0 atom stereocenters. The Morgan fingerprint density at radius 1 is 1.11 bits per heavy atom. The fourth-order valence-electron chi connectivity index (χ4n) is 4.48. The standard InChI is InChI=1S/C25H25ClN6O3/c1-14-12-17(22-15(2)23(24(26)33)30(3)27-22)10-11-21(14)35-13-19-18(16-8-9-16)6-5-7-20(19)32-25(34)31(4)28-29-32/h5-7,10-12,16H,8-9,13H2,1-4H3. The Morgan fingerprint density at radius 2 is 1.89 bits per heavy atom. The number of benzene rings is 2. The zero-order valence-corrected chi connectivity index (χ0v) is 20.7. The van der Waals surface area contributed by atoms with Crippen molar-refractivity contribution in [2.75, 3.05) is 0 Å². The van der Waals surface area contributed by atoms with Crippen molar-refractivity contribution in [2.24, 2.45) is 14.1 Å². The normalized spacial score (nSPS) is 13.3. The van der Waals surface area contributed by atoms with E-state index in [1.807, 2.05) is 44.2 Å². The third-order valence-corrected chi connectivity index (χ3v) is 6.62. The molecule has 35 heavy (non-hydrogen) atoms. The third kappa shape index (κ3) is 4.16. The minimum Gasteiger partial charge on any atom is -0.489 e. The molecule has 0 N–H and O–H groups in total. The van der Waals surface area contributed by atoms with Gasteiger partial charge in [-0.25, -0.2) is 4.79 Å². The van der Waals surface area contributed by atoms with E-state index in [-0.39, 0.29) is 5.69 Å². The molecular weight excluding hydrogens is 468 g/mol. The zero-order chi connectivity index (χ0) is 24.9. The van der Waals surface area contributed by atoms with E-state index in [2.05, 4.69) is 21.6 Å². The van der Waals surface area contributed by atoms with Crippen molar-refractivity contribution < 1.29 is 9.53 Å². The Labute approximate surface area is 206 Å². The molecular formula is C25H25ClN6O3. The van der Waals surface area contributed by atoms with Gasteiger partial charge in [0, 0.05) is 30.8 Å². The number of aromatic nitrogens is 6. The summed E-state index contributed by atoms with van der Waals surface area (Å²) >= 11 is 5.73. The third-order valence-electron chi connectivity index (χ3n) is 6.45. The number of carbonyl (C=O) groups excluding carboxylic acids is 1. The van der Waals surface area contributed by atoms with Gasteiger partial charge < -0.3 is 4.74 Å². The number of hydrogen-bond donors (Lipinski definition) is 0. The zero-order valence-electron chi connectivity index (χ0n) is 19.9. The van der Waals surface area contributed by atoms with E-state index >= 15 is 0 Å². The molecule has 2 heterocycles. The van der Waals surface area contributed by atoms with E-state index in [9.17, 15) is 9.59 Å². The molecule has 0 amide bonds. The van der Waals surface area contributed by atoms with Crippen LogP contribution in [-0.2, 0) is 20.7 Å². The highest BCUT2D eigenvalue weighted by Crippen LogP contribution is 2.43. The molecule has 2 aromatic carbocycles. The largest absolute Gasteiger partial charge is 0.489 e. The van der Waals surface area contributed by atoms with E-state index < -0.39 is 5.24 Å². The van der Waals surface area contributed by atoms with Crippen LogP contribution in [0.1, 0.15) is 51.5 Å². The molecule has 1 fully saturated rings. The van der Waals surface area contributed by atoms with Crippen LogP contribution in [0.2, 0.25) is 0 Å². The number of aryl methyl sites for hydroxylation is 3. The number of ether oxygens (including phenoxy) is 1. The van der Waals surface area contributed by atoms with Crippen LogP contribution < -0.4 is 10.4 Å². The Kier molecular flexibility index (Phi) is 5.80. The molecule has 4 aromatic rings. The van der Waals surface area contributed by atoms with Crippen LogP contribution in [-0.4, -0.2) is 34.8 Å². The predicted octanol–water partition coefficient (Wildman–Crippen LogP) is 3.82. The predicted molar refractivity (Wildman–Crippen MR) is 131 cm³/mol. The first-order chi connectivity index (χ1) is 16.8. The maximum atomic E-state index is 12.5. The van der Waals surface area contributed by atoms with E-state index in [0.717, 1.165) is 40.8 Å². The second-order valence-electron chi connectivity index (χ2n) is 8.90. The van der Waals surface area contributed by atoms with E-state index in [1.54, 1.807) is 14.1 Å². The summed E-state index contributed by atoms with van der Waals surface area (Å²) in [5, 5.41) is 11.8. The van der Waals surface area contributed by atoms with Crippen LogP contribution in [0.3, 0.4) is 0 Å². The van der Waals surface area contributed by atoms with Crippen molar-refractivity contribution in [1.82, 2.24) is 29.6 Å². The van der Waals surface area contributed by atoms with Gasteiger partial charge in [-0.1, -0.05) is 12.1 Å². The van der Waals surface area contributed by atoms with Crippen molar-refractivity contribution in [2.45, 2.75) is 39.2 Å². The van der Waals surface area contributed by atoms with Gasteiger partial charge in [0.2, 0.25) is 0 Å². The lowest BCUT2D eigenvalue weighted by molar-refractivity contribution is 0.107. The molecule has 180 valence electrons. The van der Waals surface area contributed by atoms with Crippen LogP contribution in [0.15, 0.2) is 41.2 Å². The highest BCUT2D eigenvalue weighted by atomic mass is 35.5. The van der Waals surface area contributed by atoms with E-state index in [0.29, 0.717) is 29.6 Å². The van der Waals surface area contributed by atoms with Gasteiger partial charge in [0.25, 0.3) is 5.24 Å². The van der Waals surface area contributed by atoms with Crippen LogP contribution in [0.4, 0.5) is 0 Å². The molecule has 0 aliphatic heterocycles. The quantitative estimate of drug-likeness (QED) is 0.364. The van der Waals surface area contributed by atoms with Crippen molar-refractivity contribution in [3.8, 4) is 22.7 Å². The summed E-state index contributed by atoms with van der Waals surface area (Å²) in [5.41, 5.74) is 6.11. The average Bonchev–Trinajstić information content (AvgIpc) is 3.55. The number of hydrogen-bond acceptors (Lipinski definition) is 6. The Hall–Kier alpha value is -3.72. The molecule has 0 saturated heterocycles. The van der Waals surface area contributed by atoms with Crippen LogP contribution >= 0.6 is 11.6 Å². The molecule has 1 aliphatic rings. The number of tetrazole rings is 1. The molecule has 1 saturated carbocycles. The second-order valence-corrected chi connectivity index (χ2v) is 9.25. The first-order valence-corrected chi connectivity index (χ1v) is 11.7. The summed E-state index contributed by atoms with van der Waals surface area (Å²) in [6.45, 7) is 4.09. The lowest BCUT2D eigenvalue weighted by atomic mass is 10.0. The van der Waals surface area contributed by atoms with Gasteiger partial charge in [0.15, 0.2) is 0 Å². The smallest absolute Gasteiger partial charge is 0.368 e. The highest BCUT2D eigenvalue weighted by Gasteiger charge is 2.28. The monoisotopic (exact) mass is 492 g/mol. The van der Waals surface area contributed by atoms with Crippen molar-refractivity contribution >= 4 is 16.8 Å². The minimum atomic E-state index is -0.534. The van der Waals surface area contributed by atoms with Crippen molar-refractivity contribution in [1.29, 1.82) is 0 Å². The lowest BCUT2D eigenvalue weighted by Crippen LogP contribution is -2.23. The van der Waals surface area contributed by atoms with Crippen molar-refractivity contribution in [3.05, 3.63) is 74.8 Å². The molecule has 9 nitrogen and oxygen atoms in total. The highest BCUT2D eigenvalue weighted by molar-refractivity contribution is 6.67. The Balaban J connectivity index is 1.46. The second kappa shape index (κ2) is 8.81. The minimum absolute atomic E-state index is 0.290. The van der Waals surface area contributed by atoms with Crippen LogP contribution in [0, 0.1) is 13.8 Å². The fourth-order valence-corrected chi connectivity index (χ4v) is 4.74. The first-order valence-electron chi connectivity index (χ1n) is 11.3. The number of carbonyl (C=O) groups is 1. The molecule has 5 rings (SSSR count). The summed E-state index contributed by atoms with van der Waals surface area (Å²) in [7, 11) is 3.28. The van der Waals surface area contributed by atoms with E-state index in [1.165, 1.54) is 19.6 Å². The number of rotatable bonds is 7. The average molecular weight is 493 g/mol. The fraction of sp³-hybridized carbons (Fsp3) is 0.320. The Morgan fingerprint density at radius 3 is 2.49 bits per heavy atom. The van der Waals surface area contributed by atoms with Gasteiger partial charge in [-0.2, -0.15) is 14.5 Å². The van der Waals surface area contributed by atoms with Crippen LogP contribution in [0.5, 0.6) is 5.75 Å².